The van der Waals surface area contributed by atoms with Crippen molar-refractivity contribution in [2.75, 3.05) is 0 Å². The molecule has 0 aromatic carbocycles. The van der Waals surface area contributed by atoms with Crippen molar-refractivity contribution in [1.82, 2.24) is 0 Å². The quantitative estimate of drug-likeness (QED) is 0.532. The van der Waals surface area contributed by atoms with E-state index in [1.54, 1.807) is 0 Å². The van der Waals surface area contributed by atoms with Gasteiger partial charge in [-0.05, 0) is 55.8 Å². The monoisotopic (exact) mass is 206 g/mol. The van der Waals surface area contributed by atoms with Crippen LogP contribution in [-0.4, -0.2) is 0 Å². The van der Waals surface area contributed by atoms with Crippen LogP contribution in [-0.2, 0) is 0 Å². The molecule has 0 heterocycles. The van der Waals surface area contributed by atoms with E-state index in [2.05, 4.69) is 27.7 Å². The lowest BCUT2D eigenvalue weighted by Gasteiger charge is -2.26. The SMILES string of the molecule is CC(C)C1=C2CC[C@@H](C)CC[C@@]2(C)CC1. The predicted octanol–water partition coefficient (Wildman–Crippen LogP) is 4.95. The third-order valence-electron chi connectivity index (χ3n) is 4.84. The lowest BCUT2D eigenvalue weighted by Crippen LogP contribution is -2.14. The van der Waals surface area contributed by atoms with Crippen LogP contribution in [0.15, 0.2) is 11.1 Å². The second-order valence-corrected chi connectivity index (χ2v) is 6.40. The molecule has 0 aliphatic heterocycles. The standard InChI is InChI=1S/C15H26/c1-11(2)13-8-10-15(4)9-7-12(3)5-6-14(13)15/h11-12H,5-10H2,1-4H3/t12-,15+/m1/s1. The van der Waals surface area contributed by atoms with Crippen LogP contribution < -0.4 is 0 Å². The molecule has 0 aromatic rings. The van der Waals surface area contributed by atoms with Crippen molar-refractivity contribution in [3.8, 4) is 0 Å². The topological polar surface area (TPSA) is 0 Å². The Bertz CT molecular complexity index is 272. The Morgan fingerprint density at radius 3 is 2.53 bits per heavy atom. The molecule has 86 valence electrons. The second kappa shape index (κ2) is 3.96. The third-order valence-corrected chi connectivity index (χ3v) is 4.84. The van der Waals surface area contributed by atoms with Crippen LogP contribution in [0.3, 0.4) is 0 Å². The number of rotatable bonds is 1. The highest BCUT2D eigenvalue weighted by Gasteiger charge is 2.38. The fourth-order valence-corrected chi connectivity index (χ4v) is 3.58. The summed E-state index contributed by atoms with van der Waals surface area (Å²) < 4.78 is 0. The molecular weight excluding hydrogens is 180 g/mol. The van der Waals surface area contributed by atoms with Crippen molar-refractivity contribution in [2.24, 2.45) is 17.3 Å². The maximum Gasteiger partial charge on any atom is -0.0110 e. The van der Waals surface area contributed by atoms with E-state index in [1.807, 2.05) is 11.1 Å². The van der Waals surface area contributed by atoms with E-state index < -0.39 is 0 Å². The lowest BCUT2D eigenvalue weighted by molar-refractivity contribution is 0.342. The number of fused-ring (bicyclic) bond motifs is 1. The molecule has 0 amide bonds. The molecule has 1 saturated carbocycles. The summed E-state index contributed by atoms with van der Waals surface area (Å²) in [6, 6.07) is 0. The smallest absolute Gasteiger partial charge is 0.0110 e. The van der Waals surface area contributed by atoms with Gasteiger partial charge in [-0.15, -0.1) is 0 Å². The Labute approximate surface area is 95.1 Å². The van der Waals surface area contributed by atoms with E-state index >= 15 is 0 Å². The van der Waals surface area contributed by atoms with Gasteiger partial charge in [0.2, 0.25) is 0 Å². The normalized spacial score (nSPS) is 37.0. The number of hydrogen-bond donors (Lipinski definition) is 0. The molecule has 1 fully saturated rings. The number of allylic oxidation sites excluding steroid dienone is 2. The average molecular weight is 206 g/mol. The van der Waals surface area contributed by atoms with Crippen LogP contribution in [0.1, 0.15) is 66.2 Å². The molecule has 0 aromatic heterocycles. The molecule has 0 heteroatoms. The zero-order valence-electron chi connectivity index (χ0n) is 10.9. The van der Waals surface area contributed by atoms with Gasteiger partial charge < -0.3 is 0 Å². The van der Waals surface area contributed by atoms with E-state index in [-0.39, 0.29) is 0 Å². The fraction of sp³-hybridized carbons (Fsp3) is 0.867. The molecule has 2 atom stereocenters. The van der Waals surface area contributed by atoms with E-state index in [0.29, 0.717) is 5.41 Å². The summed E-state index contributed by atoms with van der Waals surface area (Å²) in [6.45, 7) is 9.71. The predicted molar refractivity (Wildman–Crippen MR) is 66.8 cm³/mol. The zero-order valence-corrected chi connectivity index (χ0v) is 10.9. The Morgan fingerprint density at radius 1 is 1.13 bits per heavy atom. The molecule has 0 bridgehead atoms. The van der Waals surface area contributed by atoms with Gasteiger partial charge in [-0.3, -0.25) is 0 Å². The van der Waals surface area contributed by atoms with Crippen molar-refractivity contribution in [3.05, 3.63) is 11.1 Å². The molecule has 0 saturated heterocycles. The molecule has 2 aliphatic rings. The van der Waals surface area contributed by atoms with Gasteiger partial charge in [0.25, 0.3) is 0 Å². The Balaban J connectivity index is 2.29. The van der Waals surface area contributed by atoms with Crippen molar-refractivity contribution in [1.29, 1.82) is 0 Å². The van der Waals surface area contributed by atoms with Gasteiger partial charge in [-0.25, -0.2) is 0 Å². The van der Waals surface area contributed by atoms with Crippen LogP contribution >= 0.6 is 0 Å². The van der Waals surface area contributed by atoms with Crippen LogP contribution in [0.2, 0.25) is 0 Å². The maximum absolute atomic E-state index is 2.52. The Hall–Kier alpha value is -0.260. The molecule has 0 radical (unpaired) electrons. The minimum Gasteiger partial charge on any atom is -0.0679 e. The second-order valence-electron chi connectivity index (χ2n) is 6.40. The summed E-state index contributed by atoms with van der Waals surface area (Å²) in [4.78, 5) is 0. The highest BCUT2D eigenvalue weighted by Crippen LogP contribution is 2.52. The van der Waals surface area contributed by atoms with Gasteiger partial charge in [0.15, 0.2) is 0 Å². The first kappa shape index (κ1) is 11.2. The summed E-state index contributed by atoms with van der Waals surface area (Å²) >= 11 is 0. The van der Waals surface area contributed by atoms with Gasteiger partial charge in [-0.1, -0.05) is 38.8 Å². The number of hydrogen-bond acceptors (Lipinski definition) is 0. The van der Waals surface area contributed by atoms with Crippen LogP contribution in [0.4, 0.5) is 0 Å². The van der Waals surface area contributed by atoms with Crippen LogP contribution in [0.5, 0.6) is 0 Å². The molecule has 0 unspecified atom stereocenters. The molecule has 0 N–H and O–H groups in total. The fourth-order valence-electron chi connectivity index (χ4n) is 3.58. The molecule has 0 nitrogen and oxygen atoms in total. The molecule has 0 spiro atoms. The van der Waals surface area contributed by atoms with E-state index in [9.17, 15) is 0 Å². The minimum atomic E-state index is 0.588. The highest BCUT2D eigenvalue weighted by molar-refractivity contribution is 5.29. The van der Waals surface area contributed by atoms with Gasteiger partial charge in [0, 0.05) is 0 Å². The van der Waals surface area contributed by atoms with Crippen molar-refractivity contribution >= 4 is 0 Å². The van der Waals surface area contributed by atoms with Gasteiger partial charge >= 0.3 is 0 Å². The largest absolute Gasteiger partial charge is 0.0679 e. The Morgan fingerprint density at radius 2 is 1.87 bits per heavy atom. The van der Waals surface area contributed by atoms with Crippen molar-refractivity contribution in [2.45, 2.75) is 66.2 Å². The third kappa shape index (κ3) is 2.00. The highest BCUT2D eigenvalue weighted by atomic mass is 14.4. The van der Waals surface area contributed by atoms with Gasteiger partial charge in [0.05, 0.1) is 0 Å². The van der Waals surface area contributed by atoms with Crippen LogP contribution in [0.25, 0.3) is 0 Å². The molecule has 15 heavy (non-hydrogen) atoms. The summed E-state index contributed by atoms with van der Waals surface area (Å²) in [6.07, 6.45) is 8.54. The van der Waals surface area contributed by atoms with Crippen molar-refractivity contribution in [3.63, 3.8) is 0 Å². The first-order chi connectivity index (χ1) is 7.03. The summed E-state index contributed by atoms with van der Waals surface area (Å²) in [5.41, 5.74) is 4.26. The van der Waals surface area contributed by atoms with E-state index in [1.165, 1.54) is 38.5 Å². The van der Waals surface area contributed by atoms with Gasteiger partial charge in [0.1, 0.15) is 0 Å². The first-order valence-electron chi connectivity index (χ1n) is 6.75. The van der Waals surface area contributed by atoms with Gasteiger partial charge in [-0.2, -0.15) is 0 Å². The van der Waals surface area contributed by atoms with E-state index in [0.717, 1.165) is 11.8 Å². The first-order valence-corrected chi connectivity index (χ1v) is 6.75. The average Bonchev–Trinajstić information content (AvgIpc) is 2.43. The van der Waals surface area contributed by atoms with E-state index in [4.69, 9.17) is 0 Å². The maximum atomic E-state index is 2.52. The summed E-state index contributed by atoms with van der Waals surface area (Å²) in [7, 11) is 0. The molecule has 2 aliphatic carbocycles. The Kier molecular flexibility index (Phi) is 2.96. The summed E-state index contributed by atoms with van der Waals surface area (Å²) in [5.74, 6) is 1.74. The molecular formula is C15H26. The zero-order chi connectivity index (χ0) is 11.1. The summed E-state index contributed by atoms with van der Waals surface area (Å²) in [5, 5.41) is 0. The molecule has 2 rings (SSSR count). The van der Waals surface area contributed by atoms with Crippen molar-refractivity contribution < 1.29 is 0 Å². The van der Waals surface area contributed by atoms with Crippen LogP contribution in [0, 0.1) is 17.3 Å². The lowest BCUT2D eigenvalue weighted by atomic mass is 9.78. The minimum absolute atomic E-state index is 0.588.